The molecule has 2 aromatic rings. The van der Waals surface area contributed by atoms with Gasteiger partial charge in [0.25, 0.3) is 0 Å². The molecule has 0 unspecified atom stereocenters. The minimum atomic E-state index is -0.0755. The summed E-state index contributed by atoms with van der Waals surface area (Å²) >= 11 is 7.37. The van der Waals surface area contributed by atoms with E-state index in [9.17, 15) is 0 Å². The van der Waals surface area contributed by atoms with E-state index in [0.29, 0.717) is 15.9 Å². The Morgan fingerprint density at radius 1 is 1.29 bits per heavy atom. The molecule has 1 aromatic carbocycles. The highest BCUT2D eigenvalue weighted by molar-refractivity contribution is 7.99. The van der Waals surface area contributed by atoms with Crippen molar-refractivity contribution in [3.8, 4) is 0 Å². The van der Waals surface area contributed by atoms with Gasteiger partial charge in [-0.05, 0) is 30.0 Å². The Labute approximate surface area is 108 Å². The van der Waals surface area contributed by atoms with Crippen LogP contribution < -0.4 is 5.73 Å². The molecular formula is C11H9ClN4S. The number of benzene rings is 1. The quantitative estimate of drug-likeness (QED) is 0.508. The summed E-state index contributed by atoms with van der Waals surface area (Å²) in [5.41, 5.74) is 5.78. The highest BCUT2D eigenvalue weighted by Gasteiger charge is 2.06. The van der Waals surface area contributed by atoms with Crippen LogP contribution in [0.15, 0.2) is 46.6 Å². The highest BCUT2D eigenvalue weighted by Crippen LogP contribution is 2.30. The lowest BCUT2D eigenvalue weighted by Gasteiger charge is -2.03. The second kappa shape index (κ2) is 5.16. The van der Waals surface area contributed by atoms with Crippen molar-refractivity contribution < 1.29 is 0 Å². The van der Waals surface area contributed by atoms with E-state index in [-0.39, 0.29) is 5.84 Å². The maximum atomic E-state index is 7.31. The lowest BCUT2D eigenvalue weighted by atomic mass is 10.4. The smallest absolute Gasteiger partial charge is 0.193 e. The SMILES string of the molecule is N=C(N)c1ccnc(Sc2ccccc2Cl)n1. The van der Waals surface area contributed by atoms with Crippen LogP contribution in [0.3, 0.4) is 0 Å². The number of hydrogen-bond acceptors (Lipinski definition) is 4. The fourth-order valence-electron chi connectivity index (χ4n) is 1.17. The molecule has 0 saturated carbocycles. The maximum Gasteiger partial charge on any atom is 0.193 e. The first-order valence-electron chi connectivity index (χ1n) is 4.76. The summed E-state index contributed by atoms with van der Waals surface area (Å²) in [5, 5.41) is 8.47. The van der Waals surface area contributed by atoms with E-state index in [1.807, 2.05) is 18.2 Å². The fourth-order valence-corrected chi connectivity index (χ4v) is 2.18. The van der Waals surface area contributed by atoms with Crippen LogP contribution in [0.1, 0.15) is 5.69 Å². The highest BCUT2D eigenvalue weighted by atomic mass is 35.5. The minimum Gasteiger partial charge on any atom is -0.382 e. The minimum absolute atomic E-state index is 0.0755. The number of nitrogens with two attached hydrogens (primary N) is 1. The van der Waals surface area contributed by atoms with Gasteiger partial charge in [0, 0.05) is 11.1 Å². The van der Waals surface area contributed by atoms with Crippen LogP contribution in [-0.4, -0.2) is 15.8 Å². The summed E-state index contributed by atoms with van der Waals surface area (Å²) < 4.78 is 0. The average Bonchev–Trinajstić information content (AvgIpc) is 2.32. The zero-order chi connectivity index (χ0) is 12.3. The summed E-state index contributed by atoms with van der Waals surface area (Å²) in [7, 11) is 0. The standard InChI is InChI=1S/C11H9ClN4S/c12-7-3-1-2-4-9(7)17-11-15-6-5-8(16-11)10(13)14/h1-6H,(H3,13,14). The normalized spacial score (nSPS) is 10.2. The first-order valence-corrected chi connectivity index (χ1v) is 5.96. The Hall–Kier alpha value is -1.59. The molecule has 0 aliphatic carbocycles. The van der Waals surface area contributed by atoms with Gasteiger partial charge in [-0.1, -0.05) is 23.7 Å². The number of nitrogens with one attached hydrogen (secondary N) is 1. The van der Waals surface area contributed by atoms with Gasteiger partial charge in [0.2, 0.25) is 0 Å². The summed E-state index contributed by atoms with van der Waals surface area (Å²) in [4.78, 5) is 9.12. The molecule has 86 valence electrons. The monoisotopic (exact) mass is 264 g/mol. The Bertz CT molecular complexity index is 559. The number of rotatable bonds is 3. The van der Waals surface area contributed by atoms with Crippen molar-refractivity contribution >= 4 is 29.2 Å². The average molecular weight is 265 g/mol. The van der Waals surface area contributed by atoms with Crippen molar-refractivity contribution in [2.24, 2.45) is 5.73 Å². The topological polar surface area (TPSA) is 75.7 Å². The van der Waals surface area contributed by atoms with Crippen LogP contribution in [0.2, 0.25) is 5.02 Å². The van der Waals surface area contributed by atoms with E-state index in [2.05, 4.69) is 9.97 Å². The number of aromatic nitrogens is 2. The number of nitrogen functional groups attached to an aromatic ring is 1. The predicted octanol–water partition coefficient (Wildman–Crippen LogP) is 2.57. The molecule has 0 fully saturated rings. The van der Waals surface area contributed by atoms with Gasteiger partial charge in [-0.2, -0.15) is 0 Å². The van der Waals surface area contributed by atoms with E-state index in [1.165, 1.54) is 11.8 Å². The van der Waals surface area contributed by atoms with Crippen molar-refractivity contribution in [1.29, 1.82) is 5.41 Å². The van der Waals surface area contributed by atoms with Crippen LogP contribution in [0.4, 0.5) is 0 Å². The van der Waals surface area contributed by atoms with Crippen LogP contribution >= 0.6 is 23.4 Å². The largest absolute Gasteiger partial charge is 0.382 e. The van der Waals surface area contributed by atoms with Gasteiger partial charge in [0.05, 0.1) is 5.02 Å². The van der Waals surface area contributed by atoms with E-state index < -0.39 is 0 Å². The van der Waals surface area contributed by atoms with Gasteiger partial charge in [-0.25, -0.2) is 9.97 Å². The van der Waals surface area contributed by atoms with Gasteiger partial charge in [-0.15, -0.1) is 0 Å². The Balaban J connectivity index is 2.28. The zero-order valence-corrected chi connectivity index (χ0v) is 10.3. The molecule has 2 rings (SSSR count). The van der Waals surface area contributed by atoms with Gasteiger partial charge in [0.15, 0.2) is 5.16 Å². The first kappa shape index (κ1) is 11.9. The third-order valence-electron chi connectivity index (χ3n) is 1.95. The van der Waals surface area contributed by atoms with E-state index in [1.54, 1.807) is 18.3 Å². The van der Waals surface area contributed by atoms with Crippen LogP contribution in [0.25, 0.3) is 0 Å². The summed E-state index contributed by atoms with van der Waals surface area (Å²) in [5.74, 6) is -0.0755. The molecule has 0 bridgehead atoms. The van der Waals surface area contributed by atoms with E-state index in [0.717, 1.165) is 4.90 Å². The Kier molecular flexibility index (Phi) is 3.61. The second-order valence-corrected chi connectivity index (χ2v) is 4.59. The summed E-state index contributed by atoms with van der Waals surface area (Å²) in [6.45, 7) is 0. The van der Waals surface area contributed by atoms with E-state index >= 15 is 0 Å². The molecule has 4 nitrogen and oxygen atoms in total. The zero-order valence-electron chi connectivity index (χ0n) is 8.72. The Morgan fingerprint density at radius 2 is 2.06 bits per heavy atom. The molecule has 0 spiro atoms. The summed E-state index contributed by atoms with van der Waals surface area (Å²) in [6.07, 6.45) is 1.57. The lowest BCUT2D eigenvalue weighted by Crippen LogP contribution is -2.13. The molecule has 1 aromatic heterocycles. The molecule has 17 heavy (non-hydrogen) atoms. The van der Waals surface area contributed by atoms with Gasteiger partial charge in [0.1, 0.15) is 11.5 Å². The van der Waals surface area contributed by atoms with Crippen LogP contribution in [-0.2, 0) is 0 Å². The van der Waals surface area contributed by atoms with Gasteiger partial charge >= 0.3 is 0 Å². The van der Waals surface area contributed by atoms with Gasteiger partial charge in [-0.3, -0.25) is 5.41 Å². The second-order valence-electron chi connectivity index (χ2n) is 3.17. The van der Waals surface area contributed by atoms with Crippen LogP contribution in [0.5, 0.6) is 0 Å². The molecule has 0 saturated heterocycles. The molecule has 0 amide bonds. The van der Waals surface area contributed by atoms with Crippen molar-refractivity contribution in [3.05, 3.63) is 47.2 Å². The van der Waals surface area contributed by atoms with Crippen LogP contribution in [0, 0.1) is 5.41 Å². The number of halogens is 1. The number of nitrogens with zero attached hydrogens (tertiary/aromatic N) is 2. The molecule has 0 aliphatic heterocycles. The molecule has 0 radical (unpaired) electrons. The predicted molar refractivity (Wildman–Crippen MR) is 68.6 cm³/mol. The maximum absolute atomic E-state index is 7.31. The number of hydrogen-bond donors (Lipinski definition) is 2. The molecular weight excluding hydrogens is 256 g/mol. The molecule has 3 N–H and O–H groups in total. The van der Waals surface area contributed by atoms with E-state index in [4.69, 9.17) is 22.7 Å². The third-order valence-corrected chi connectivity index (χ3v) is 3.34. The molecule has 0 aliphatic rings. The first-order chi connectivity index (χ1) is 8.16. The summed E-state index contributed by atoms with van der Waals surface area (Å²) in [6, 6.07) is 9.04. The van der Waals surface area contributed by atoms with Crippen molar-refractivity contribution in [3.63, 3.8) is 0 Å². The number of amidine groups is 1. The molecule has 6 heteroatoms. The fraction of sp³-hybridized carbons (Fsp3) is 0. The molecule has 1 heterocycles. The lowest BCUT2D eigenvalue weighted by molar-refractivity contribution is 0.954. The van der Waals surface area contributed by atoms with Gasteiger partial charge < -0.3 is 5.73 Å². The molecule has 0 atom stereocenters. The third kappa shape index (κ3) is 2.95. The Morgan fingerprint density at radius 3 is 2.76 bits per heavy atom. The van der Waals surface area contributed by atoms with Crippen molar-refractivity contribution in [2.75, 3.05) is 0 Å². The van der Waals surface area contributed by atoms with Crippen molar-refractivity contribution in [1.82, 2.24) is 9.97 Å². The van der Waals surface area contributed by atoms with Crippen molar-refractivity contribution in [2.45, 2.75) is 10.1 Å².